The number of pyridine rings is 1. The summed E-state index contributed by atoms with van der Waals surface area (Å²) in [5, 5.41) is 5.19. The Morgan fingerprint density at radius 1 is 1.15 bits per heavy atom. The lowest BCUT2D eigenvalue weighted by Gasteiger charge is -2.38. The number of nitrogens with one attached hydrogen (secondary N) is 1. The minimum absolute atomic E-state index is 0.222. The van der Waals surface area contributed by atoms with E-state index in [1.54, 1.807) is 33.0 Å². The van der Waals surface area contributed by atoms with Gasteiger partial charge in [-0.3, -0.25) is 9.78 Å². The fraction of sp³-hybridized carbons (Fsp3) is 0.269. The summed E-state index contributed by atoms with van der Waals surface area (Å²) in [6.45, 7) is 5.54. The van der Waals surface area contributed by atoms with E-state index < -0.39 is 23.5 Å². The van der Waals surface area contributed by atoms with Crippen LogP contribution in [0.15, 0.2) is 59.9 Å². The first-order valence-electron chi connectivity index (χ1n) is 11.0. The second-order valence-corrected chi connectivity index (χ2v) is 10.2. The van der Waals surface area contributed by atoms with Crippen LogP contribution in [0.2, 0.25) is 10.0 Å². The van der Waals surface area contributed by atoms with Crippen LogP contribution in [0.5, 0.6) is 0 Å². The van der Waals surface area contributed by atoms with Gasteiger partial charge in [-0.25, -0.2) is 9.69 Å². The van der Waals surface area contributed by atoms with Gasteiger partial charge in [-0.1, -0.05) is 41.4 Å². The highest BCUT2D eigenvalue weighted by atomic mass is 35.5. The number of carbonyl (C=O) groups is 2. The third-order valence-electron chi connectivity index (χ3n) is 5.95. The van der Waals surface area contributed by atoms with Crippen molar-refractivity contribution in [3.63, 3.8) is 0 Å². The first-order chi connectivity index (χ1) is 16.1. The second-order valence-electron chi connectivity index (χ2n) is 9.42. The summed E-state index contributed by atoms with van der Waals surface area (Å²) in [6, 6.07) is 13.2. The van der Waals surface area contributed by atoms with E-state index in [9.17, 15) is 9.59 Å². The Kier molecular flexibility index (Phi) is 5.53. The zero-order valence-corrected chi connectivity index (χ0v) is 20.5. The molecule has 2 aliphatic heterocycles. The number of amides is 2. The molecule has 0 bridgehead atoms. The largest absolute Gasteiger partial charge is 0.443 e. The SMILES string of the molecule is CC(C)(C)OC(=O)N1CCC2=C(C1=O)C(c1cccc(Cl)c1Cl)c1cc3ncccc3cc1N2. The van der Waals surface area contributed by atoms with Crippen molar-refractivity contribution in [1.82, 2.24) is 9.88 Å². The predicted octanol–water partition coefficient (Wildman–Crippen LogP) is 6.52. The zero-order chi connectivity index (χ0) is 24.2. The molecule has 5 rings (SSSR count). The summed E-state index contributed by atoms with van der Waals surface area (Å²) in [5.41, 5.74) is 3.71. The van der Waals surface area contributed by atoms with E-state index in [2.05, 4.69) is 10.3 Å². The molecule has 3 aromatic rings. The first kappa shape index (κ1) is 22.7. The maximum atomic E-state index is 13.8. The van der Waals surface area contributed by atoms with Crippen LogP contribution in [0.1, 0.15) is 44.2 Å². The van der Waals surface area contributed by atoms with Gasteiger partial charge in [0.05, 0.1) is 15.6 Å². The van der Waals surface area contributed by atoms with Gasteiger partial charge in [0.1, 0.15) is 5.60 Å². The van der Waals surface area contributed by atoms with Crippen LogP contribution in [-0.2, 0) is 9.53 Å². The number of carbonyl (C=O) groups excluding carboxylic acids is 2. The maximum Gasteiger partial charge on any atom is 0.417 e. The van der Waals surface area contributed by atoms with Gasteiger partial charge in [-0.2, -0.15) is 0 Å². The molecule has 2 amide bonds. The molecule has 8 heteroatoms. The predicted molar refractivity (Wildman–Crippen MR) is 133 cm³/mol. The van der Waals surface area contributed by atoms with Crippen LogP contribution in [0, 0.1) is 0 Å². The molecule has 1 aromatic heterocycles. The molecule has 174 valence electrons. The van der Waals surface area contributed by atoms with Gasteiger partial charge in [0, 0.05) is 47.4 Å². The highest BCUT2D eigenvalue weighted by molar-refractivity contribution is 6.42. The van der Waals surface area contributed by atoms with Gasteiger partial charge < -0.3 is 10.1 Å². The number of fused-ring (bicyclic) bond motifs is 2. The number of rotatable bonds is 1. The number of ether oxygens (including phenoxy) is 1. The fourth-order valence-corrected chi connectivity index (χ4v) is 4.94. The van der Waals surface area contributed by atoms with Crippen LogP contribution < -0.4 is 5.32 Å². The van der Waals surface area contributed by atoms with Crippen molar-refractivity contribution in [2.45, 2.75) is 38.7 Å². The molecule has 0 saturated carbocycles. The minimum Gasteiger partial charge on any atom is -0.443 e. The highest BCUT2D eigenvalue weighted by Crippen LogP contribution is 2.48. The van der Waals surface area contributed by atoms with Crippen molar-refractivity contribution in [3.8, 4) is 0 Å². The molecule has 0 radical (unpaired) electrons. The molecule has 0 aliphatic carbocycles. The van der Waals surface area contributed by atoms with Crippen molar-refractivity contribution in [2.75, 3.05) is 11.9 Å². The monoisotopic (exact) mass is 495 g/mol. The highest BCUT2D eigenvalue weighted by Gasteiger charge is 2.42. The topological polar surface area (TPSA) is 71.5 Å². The maximum absolute atomic E-state index is 13.8. The molecule has 0 fully saturated rings. The molecule has 34 heavy (non-hydrogen) atoms. The van der Waals surface area contributed by atoms with E-state index in [0.29, 0.717) is 27.6 Å². The van der Waals surface area contributed by atoms with E-state index in [-0.39, 0.29) is 6.54 Å². The summed E-state index contributed by atoms with van der Waals surface area (Å²) >= 11 is 13.0. The number of benzene rings is 2. The van der Waals surface area contributed by atoms with E-state index >= 15 is 0 Å². The van der Waals surface area contributed by atoms with Crippen molar-refractivity contribution < 1.29 is 14.3 Å². The quantitative estimate of drug-likeness (QED) is 0.415. The Hall–Kier alpha value is -3.09. The van der Waals surface area contributed by atoms with Crippen molar-refractivity contribution in [1.29, 1.82) is 0 Å². The molecule has 3 heterocycles. The van der Waals surface area contributed by atoms with Gasteiger partial charge >= 0.3 is 6.09 Å². The van der Waals surface area contributed by atoms with Crippen LogP contribution in [0.4, 0.5) is 10.5 Å². The van der Waals surface area contributed by atoms with E-state index in [0.717, 1.165) is 27.9 Å². The second kappa shape index (κ2) is 8.29. The van der Waals surface area contributed by atoms with Crippen LogP contribution >= 0.6 is 23.2 Å². The van der Waals surface area contributed by atoms with Gasteiger partial charge in [0.15, 0.2) is 0 Å². The summed E-state index contributed by atoms with van der Waals surface area (Å²) in [7, 11) is 0. The van der Waals surface area contributed by atoms with Crippen LogP contribution in [0.3, 0.4) is 0 Å². The average Bonchev–Trinajstić information content (AvgIpc) is 2.77. The van der Waals surface area contributed by atoms with E-state index in [1.807, 2.05) is 36.4 Å². The van der Waals surface area contributed by atoms with Crippen LogP contribution in [-0.4, -0.2) is 34.0 Å². The fourth-order valence-electron chi connectivity index (χ4n) is 4.52. The third-order valence-corrected chi connectivity index (χ3v) is 6.79. The molecule has 1 atom stereocenters. The van der Waals surface area contributed by atoms with Gasteiger partial charge in [-0.15, -0.1) is 0 Å². The molecule has 2 aliphatic rings. The summed E-state index contributed by atoms with van der Waals surface area (Å²) < 4.78 is 5.50. The Morgan fingerprint density at radius 3 is 2.71 bits per heavy atom. The van der Waals surface area contributed by atoms with E-state index in [1.165, 1.54) is 4.90 Å². The number of aromatic nitrogens is 1. The van der Waals surface area contributed by atoms with E-state index in [4.69, 9.17) is 27.9 Å². The van der Waals surface area contributed by atoms with Crippen molar-refractivity contribution in [3.05, 3.63) is 81.1 Å². The van der Waals surface area contributed by atoms with Gasteiger partial charge in [0.2, 0.25) is 0 Å². The van der Waals surface area contributed by atoms with Crippen LogP contribution in [0.25, 0.3) is 10.9 Å². The lowest BCUT2D eigenvalue weighted by molar-refractivity contribution is -0.127. The third kappa shape index (κ3) is 3.91. The van der Waals surface area contributed by atoms with Crippen molar-refractivity contribution >= 4 is 51.8 Å². The smallest absolute Gasteiger partial charge is 0.417 e. The normalized spacial score (nSPS) is 17.9. The standard InChI is InChI=1S/C26H23Cl2N3O3/c1-26(2,3)34-25(33)31-11-9-18-22(24(31)32)21(15-7-4-8-17(27)23(15)28)16-13-19-14(6-5-10-29-19)12-20(16)30-18/h4-8,10,12-13,21,30H,9,11H2,1-3H3. The molecule has 0 saturated heterocycles. The number of nitrogens with zero attached hydrogens (tertiary/aromatic N) is 2. The molecule has 0 spiro atoms. The number of anilines is 1. The zero-order valence-electron chi connectivity index (χ0n) is 19.0. The molecule has 6 nitrogen and oxygen atoms in total. The molecule has 1 unspecified atom stereocenters. The summed E-state index contributed by atoms with van der Waals surface area (Å²) in [5.74, 6) is -0.933. The number of halogens is 2. The molecular weight excluding hydrogens is 473 g/mol. The number of hydrogen-bond donors (Lipinski definition) is 1. The summed E-state index contributed by atoms with van der Waals surface area (Å²) in [6.07, 6.45) is 1.54. The lowest BCUT2D eigenvalue weighted by atomic mass is 9.78. The Bertz CT molecular complexity index is 1380. The molecule has 2 aromatic carbocycles. The van der Waals surface area contributed by atoms with Gasteiger partial charge in [-0.05, 0) is 56.2 Å². The number of hydrogen-bond acceptors (Lipinski definition) is 5. The Labute approximate surface area is 207 Å². The first-order valence-corrected chi connectivity index (χ1v) is 11.8. The molecule has 1 N–H and O–H groups in total. The number of imide groups is 1. The Morgan fingerprint density at radius 2 is 1.94 bits per heavy atom. The minimum atomic E-state index is -0.719. The average molecular weight is 496 g/mol. The lowest BCUT2D eigenvalue weighted by Crippen LogP contribution is -2.47. The van der Waals surface area contributed by atoms with Crippen molar-refractivity contribution in [2.24, 2.45) is 0 Å². The molecular formula is C26H23Cl2N3O3. The van der Waals surface area contributed by atoms with Gasteiger partial charge in [0.25, 0.3) is 5.91 Å². The Balaban J connectivity index is 1.69. The summed E-state index contributed by atoms with van der Waals surface area (Å²) in [4.78, 5) is 32.3.